The molecular formula is C18H30N3O2+. The molecule has 0 heterocycles. The van der Waals surface area contributed by atoms with E-state index in [2.05, 4.69) is 55.7 Å². The number of hydrogen-bond acceptors (Lipinski definition) is 2. The van der Waals surface area contributed by atoms with Crippen molar-refractivity contribution in [3.63, 3.8) is 0 Å². The Hall–Kier alpha value is -1.88. The van der Waals surface area contributed by atoms with Crippen molar-refractivity contribution in [2.75, 3.05) is 13.1 Å². The molecule has 1 rings (SSSR count). The molecular weight excluding hydrogens is 290 g/mol. The first-order valence-corrected chi connectivity index (χ1v) is 8.47. The van der Waals surface area contributed by atoms with Crippen molar-refractivity contribution in [1.29, 1.82) is 0 Å². The van der Waals surface area contributed by atoms with Crippen molar-refractivity contribution in [1.82, 2.24) is 10.6 Å². The summed E-state index contributed by atoms with van der Waals surface area (Å²) in [5.74, 6) is 0.119. The normalized spacial score (nSPS) is 12.0. The molecule has 1 aromatic carbocycles. The van der Waals surface area contributed by atoms with Crippen LogP contribution in [0.25, 0.3) is 0 Å². The van der Waals surface area contributed by atoms with Gasteiger partial charge in [0.05, 0.1) is 0 Å². The van der Waals surface area contributed by atoms with E-state index in [1.165, 1.54) is 11.1 Å². The minimum atomic E-state index is -0.434. The van der Waals surface area contributed by atoms with E-state index in [-0.39, 0.29) is 18.5 Å². The summed E-state index contributed by atoms with van der Waals surface area (Å²) in [4.78, 5) is 23.2. The zero-order valence-corrected chi connectivity index (χ0v) is 14.7. The lowest BCUT2D eigenvalue weighted by molar-refractivity contribution is -0.692. The summed E-state index contributed by atoms with van der Waals surface area (Å²) in [6.45, 7) is 9.00. The first kappa shape index (κ1) is 19.2. The van der Waals surface area contributed by atoms with E-state index in [0.29, 0.717) is 12.5 Å². The Balaban J connectivity index is 2.61. The number of urea groups is 1. The molecule has 4 N–H and O–H groups in total. The summed E-state index contributed by atoms with van der Waals surface area (Å²) >= 11 is 0. The van der Waals surface area contributed by atoms with Crippen molar-refractivity contribution in [2.45, 2.75) is 46.6 Å². The van der Waals surface area contributed by atoms with Gasteiger partial charge in [-0.1, -0.05) is 51.5 Å². The van der Waals surface area contributed by atoms with Crippen LogP contribution in [0.4, 0.5) is 4.79 Å². The Morgan fingerprint density at radius 1 is 1.13 bits per heavy atom. The summed E-state index contributed by atoms with van der Waals surface area (Å²) in [5, 5.41) is 6.88. The van der Waals surface area contributed by atoms with Crippen molar-refractivity contribution in [3.8, 4) is 0 Å². The Bertz CT molecular complexity index is 497. The van der Waals surface area contributed by atoms with E-state index < -0.39 is 6.03 Å². The number of nitrogens with one attached hydrogen (secondary N) is 2. The monoisotopic (exact) mass is 320 g/mol. The highest BCUT2D eigenvalue weighted by Gasteiger charge is 2.21. The molecule has 0 radical (unpaired) electrons. The van der Waals surface area contributed by atoms with Gasteiger partial charge in [-0.3, -0.25) is 10.1 Å². The van der Waals surface area contributed by atoms with Crippen LogP contribution in [-0.2, 0) is 11.2 Å². The number of amides is 3. The average Bonchev–Trinajstić information content (AvgIpc) is 2.49. The number of carbonyl (C=O) groups is 2. The van der Waals surface area contributed by atoms with Gasteiger partial charge in [0, 0.05) is 18.0 Å². The smallest absolute Gasteiger partial charge is 0.321 e. The third-order valence-electron chi connectivity index (χ3n) is 3.77. The summed E-state index contributed by atoms with van der Waals surface area (Å²) in [5.41, 5.74) is 2.55. The molecule has 5 heteroatoms. The number of benzene rings is 1. The van der Waals surface area contributed by atoms with Crippen molar-refractivity contribution in [3.05, 3.63) is 35.4 Å². The SMILES string of the molecule is CCCc1ccc([C@@H]([NH2+]CC(=O)NC(=O)NCC)C(C)C)cc1. The summed E-state index contributed by atoms with van der Waals surface area (Å²) in [6.07, 6.45) is 2.23. The minimum absolute atomic E-state index is 0.200. The number of carbonyl (C=O) groups excluding carboxylic acids is 2. The van der Waals surface area contributed by atoms with Gasteiger partial charge in [-0.2, -0.15) is 0 Å². The first-order chi connectivity index (χ1) is 11.0. The number of aryl methyl sites for hydroxylation is 1. The van der Waals surface area contributed by atoms with Crippen LogP contribution in [0.5, 0.6) is 0 Å². The molecule has 0 spiro atoms. The number of nitrogens with two attached hydrogens (primary N) is 1. The van der Waals surface area contributed by atoms with Crippen LogP contribution < -0.4 is 16.0 Å². The Labute approximate surface area is 139 Å². The van der Waals surface area contributed by atoms with E-state index in [0.717, 1.165) is 12.8 Å². The number of imide groups is 1. The van der Waals surface area contributed by atoms with Gasteiger partial charge in [-0.05, 0) is 18.9 Å². The molecule has 0 aromatic heterocycles. The largest absolute Gasteiger partial charge is 0.338 e. The van der Waals surface area contributed by atoms with Gasteiger partial charge in [-0.15, -0.1) is 0 Å². The van der Waals surface area contributed by atoms with Crippen molar-refractivity contribution < 1.29 is 14.9 Å². The van der Waals surface area contributed by atoms with Gasteiger partial charge in [0.2, 0.25) is 0 Å². The third-order valence-corrected chi connectivity index (χ3v) is 3.77. The van der Waals surface area contributed by atoms with E-state index in [9.17, 15) is 9.59 Å². The van der Waals surface area contributed by atoms with E-state index in [1.807, 2.05) is 12.2 Å². The van der Waals surface area contributed by atoms with Gasteiger partial charge in [0.1, 0.15) is 6.04 Å². The molecule has 1 aromatic rings. The summed E-state index contributed by atoms with van der Waals surface area (Å²) in [7, 11) is 0. The van der Waals surface area contributed by atoms with Crippen LogP contribution in [0.1, 0.15) is 51.3 Å². The second kappa shape index (κ2) is 10.0. The highest BCUT2D eigenvalue weighted by molar-refractivity contribution is 5.94. The van der Waals surface area contributed by atoms with Crippen molar-refractivity contribution >= 4 is 11.9 Å². The zero-order valence-electron chi connectivity index (χ0n) is 14.7. The second-order valence-electron chi connectivity index (χ2n) is 6.11. The van der Waals surface area contributed by atoms with Crippen molar-refractivity contribution in [2.24, 2.45) is 5.92 Å². The van der Waals surface area contributed by atoms with Gasteiger partial charge in [0.25, 0.3) is 5.91 Å². The van der Waals surface area contributed by atoms with Gasteiger partial charge in [-0.25, -0.2) is 4.79 Å². The van der Waals surface area contributed by atoms with Gasteiger partial charge >= 0.3 is 6.03 Å². The lowest BCUT2D eigenvalue weighted by Crippen LogP contribution is -2.88. The zero-order chi connectivity index (χ0) is 17.2. The maximum atomic E-state index is 11.8. The lowest BCUT2D eigenvalue weighted by Gasteiger charge is -2.19. The fourth-order valence-electron chi connectivity index (χ4n) is 2.60. The maximum Gasteiger partial charge on any atom is 0.321 e. The molecule has 23 heavy (non-hydrogen) atoms. The Morgan fingerprint density at radius 2 is 1.78 bits per heavy atom. The van der Waals surface area contributed by atoms with E-state index in [4.69, 9.17) is 0 Å². The number of hydrogen-bond donors (Lipinski definition) is 3. The molecule has 1 atom stereocenters. The van der Waals surface area contributed by atoms with Gasteiger partial charge in [0.15, 0.2) is 6.54 Å². The fraction of sp³-hybridized carbons (Fsp3) is 0.556. The third kappa shape index (κ3) is 6.82. The number of quaternary nitrogens is 1. The maximum absolute atomic E-state index is 11.8. The summed E-state index contributed by atoms with van der Waals surface area (Å²) in [6, 6.07) is 8.39. The molecule has 0 bridgehead atoms. The highest BCUT2D eigenvalue weighted by Crippen LogP contribution is 2.18. The molecule has 0 aliphatic heterocycles. The molecule has 0 aliphatic carbocycles. The fourth-order valence-corrected chi connectivity index (χ4v) is 2.60. The van der Waals surface area contributed by atoms with Crippen LogP contribution in [0.15, 0.2) is 24.3 Å². The quantitative estimate of drug-likeness (QED) is 0.682. The van der Waals surface area contributed by atoms with E-state index >= 15 is 0 Å². The summed E-state index contributed by atoms with van der Waals surface area (Å²) < 4.78 is 0. The predicted molar refractivity (Wildman–Crippen MR) is 92.0 cm³/mol. The average molecular weight is 320 g/mol. The molecule has 128 valence electrons. The lowest BCUT2D eigenvalue weighted by atomic mass is 9.94. The van der Waals surface area contributed by atoms with Crippen LogP contribution >= 0.6 is 0 Å². The predicted octanol–water partition coefficient (Wildman–Crippen LogP) is 1.75. The molecule has 0 unspecified atom stereocenters. The Kier molecular flexibility index (Phi) is 8.33. The molecule has 5 nitrogen and oxygen atoms in total. The van der Waals surface area contributed by atoms with Crippen LogP contribution in [0.2, 0.25) is 0 Å². The standard InChI is InChI=1S/C18H29N3O2/c1-5-7-14-8-10-15(11-9-14)17(13(3)4)20-12-16(22)21-18(23)19-6-2/h8-11,13,17,20H,5-7,12H2,1-4H3,(H2,19,21,22,23)/p+1/t17-/m0/s1. The molecule has 0 aliphatic rings. The van der Waals surface area contributed by atoms with E-state index in [1.54, 1.807) is 0 Å². The van der Waals surface area contributed by atoms with Crippen LogP contribution in [-0.4, -0.2) is 25.0 Å². The second-order valence-corrected chi connectivity index (χ2v) is 6.11. The molecule has 0 saturated heterocycles. The van der Waals surface area contributed by atoms with Crippen LogP contribution in [0, 0.1) is 5.92 Å². The topological polar surface area (TPSA) is 74.8 Å². The highest BCUT2D eigenvalue weighted by atomic mass is 16.2. The molecule has 0 fully saturated rings. The first-order valence-electron chi connectivity index (χ1n) is 8.47. The number of rotatable bonds is 8. The Morgan fingerprint density at radius 3 is 2.30 bits per heavy atom. The molecule has 0 saturated carbocycles. The molecule has 3 amide bonds. The van der Waals surface area contributed by atoms with Crippen LogP contribution in [0.3, 0.4) is 0 Å². The minimum Gasteiger partial charge on any atom is -0.338 e. The van der Waals surface area contributed by atoms with Gasteiger partial charge < -0.3 is 10.6 Å².